The molecule has 0 atom stereocenters. The predicted molar refractivity (Wildman–Crippen MR) is 97.3 cm³/mol. The van der Waals surface area contributed by atoms with E-state index >= 15 is 0 Å². The molecule has 5 nitrogen and oxygen atoms in total. The first-order valence-electron chi connectivity index (χ1n) is 8.15. The predicted octanol–water partition coefficient (Wildman–Crippen LogP) is 3.15. The Morgan fingerprint density at radius 2 is 1.60 bits per heavy atom. The molecule has 1 N–H and O–H groups in total. The lowest BCUT2D eigenvalue weighted by Gasteiger charge is -2.08. The molecule has 0 spiro atoms. The summed E-state index contributed by atoms with van der Waals surface area (Å²) in [5.41, 5.74) is 4.43. The Balaban J connectivity index is 1.59. The van der Waals surface area contributed by atoms with E-state index < -0.39 is 0 Å². The van der Waals surface area contributed by atoms with E-state index in [0.29, 0.717) is 24.0 Å². The van der Waals surface area contributed by atoms with Gasteiger partial charge in [0.25, 0.3) is 5.91 Å². The molecule has 0 saturated carbocycles. The topological polar surface area (TPSA) is 67.8 Å². The molecule has 4 aromatic rings. The molecule has 0 unspecified atom stereocenters. The van der Waals surface area contributed by atoms with Crippen LogP contribution in [-0.2, 0) is 6.42 Å². The van der Waals surface area contributed by atoms with Crippen molar-refractivity contribution in [3.05, 3.63) is 78.1 Å². The molecule has 5 heteroatoms. The highest BCUT2D eigenvalue weighted by molar-refractivity contribution is 6.06. The van der Waals surface area contributed by atoms with E-state index in [2.05, 4.69) is 20.3 Å². The van der Waals surface area contributed by atoms with Gasteiger partial charge in [-0.05, 0) is 36.4 Å². The average Bonchev–Trinajstić information content (AvgIpc) is 2.66. The Hall–Kier alpha value is -3.34. The molecule has 2 heterocycles. The number of aromatic nitrogens is 3. The van der Waals surface area contributed by atoms with Crippen LogP contribution in [0.2, 0.25) is 0 Å². The summed E-state index contributed by atoms with van der Waals surface area (Å²) < 4.78 is 0. The standard InChI is InChI=1S/C20H16N4O/c25-20(22-13-11-14-6-3-4-12-21-14)15-7-5-10-18-19(15)24-17-9-2-1-8-16(17)23-18/h1-10,12H,11,13H2,(H,22,25). The molecule has 0 fully saturated rings. The number of benzene rings is 2. The minimum atomic E-state index is -0.147. The summed E-state index contributed by atoms with van der Waals surface area (Å²) in [6.45, 7) is 0.521. The maximum Gasteiger partial charge on any atom is 0.253 e. The van der Waals surface area contributed by atoms with Crippen molar-refractivity contribution in [3.8, 4) is 0 Å². The monoisotopic (exact) mass is 328 g/mol. The van der Waals surface area contributed by atoms with Crippen molar-refractivity contribution >= 4 is 28.0 Å². The second-order valence-corrected chi connectivity index (χ2v) is 5.71. The summed E-state index contributed by atoms with van der Waals surface area (Å²) >= 11 is 0. The summed E-state index contributed by atoms with van der Waals surface area (Å²) in [4.78, 5) is 26.1. The number of nitrogens with one attached hydrogen (secondary N) is 1. The van der Waals surface area contributed by atoms with Gasteiger partial charge in [-0.15, -0.1) is 0 Å². The molecule has 1 amide bonds. The lowest BCUT2D eigenvalue weighted by Crippen LogP contribution is -2.26. The van der Waals surface area contributed by atoms with Gasteiger partial charge in [-0.3, -0.25) is 9.78 Å². The Morgan fingerprint density at radius 3 is 2.40 bits per heavy atom. The first-order chi connectivity index (χ1) is 12.3. The normalized spacial score (nSPS) is 10.9. The molecule has 4 rings (SSSR count). The van der Waals surface area contributed by atoms with E-state index in [4.69, 9.17) is 0 Å². The van der Waals surface area contributed by atoms with Crippen LogP contribution < -0.4 is 5.32 Å². The second kappa shape index (κ2) is 6.65. The van der Waals surface area contributed by atoms with Gasteiger partial charge >= 0.3 is 0 Å². The Kier molecular flexibility index (Phi) is 4.04. The molecule has 0 aliphatic rings. The number of fused-ring (bicyclic) bond motifs is 2. The summed E-state index contributed by atoms with van der Waals surface area (Å²) in [7, 11) is 0. The van der Waals surface area contributed by atoms with Crippen molar-refractivity contribution in [2.75, 3.05) is 6.54 Å². The third kappa shape index (κ3) is 3.17. The smallest absolute Gasteiger partial charge is 0.253 e. The summed E-state index contributed by atoms with van der Waals surface area (Å²) in [6, 6.07) is 18.9. The summed E-state index contributed by atoms with van der Waals surface area (Å²) in [5, 5.41) is 2.94. The largest absolute Gasteiger partial charge is 0.352 e. The number of nitrogens with zero attached hydrogens (tertiary/aromatic N) is 3. The van der Waals surface area contributed by atoms with E-state index in [9.17, 15) is 4.79 Å². The van der Waals surface area contributed by atoms with Crippen LogP contribution >= 0.6 is 0 Å². The zero-order chi connectivity index (χ0) is 17.1. The minimum Gasteiger partial charge on any atom is -0.352 e. The number of carbonyl (C=O) groups excluding carboxylic acids is 1. The highest BCUT2D eigenvalue weighted by Crippen LogP contribution is 2.19. The number of carbonyl (C=O) groups is 1. The summed E-state index contributed by atoms with van der Waals surface area (Å²) in [6.07, 6.45) is 2.44. The van der Waals surface area contributed by atoms with Crippen LogP contribution in [0.4, 0.5) is 0 Å². The highest BCUT2D eigenvalue weighted by atomic mass is 16.1. The average molecular weight is 328 g/mol. The van der Waals surface area contributed by atoms with Crippen molar-refractivity contribution in [1.82, 2.24) is 20.3 Å². The van der Waals surface area contributed by atoms with E-state index in [-0.39, 0.29) is 5.91 Å². The molecule has 2 aromatic carbocycles. The Bertz CT molecular complexity index is 1050. The fourth-order valence-corrected chi connectivity index (χ4v) is 2.77. The number of para-hydroxylation sites is 3. The van der Waals surface area contributed by atoms with Crippen molar-refractivity contribution in [3.63, 3.8) is 0 Å². The van der Waals surface area contributed by atoms with Crippen LogP contribution in [0, 0.1) is 0 Å². The number of rotatable bonds is 4. The lowest BCUT2D eigenvalue weighted by molar-refractivity contribution is 0.0955. The number of amides is 1. The van der Waals surface area contributed by atoms with Gasteiger partial charge in [0.15, 0.2) is 0 Å². The zero-order valence-corrected chi connectivity index (χ0v) is 13.5. The maximum absolute atomic E-state index is 12.6. The number of pyridine rings is 1. The number of hydrogen-bond acceptors (Lipinski definition) is 4. The molecular weight excluding hydrogens is 312 g/mol. The van der Waals surface area contributed by atoms with Gasteiger partial charge in [0.05, 0.1) is 22.1 Å². The molecule has 122 valence electrons. The van der Waals surface area contributed by atoms with Crippen LogP contribution in [0.3, 0.4) is 0 Å². The second-order valence-electron chi connectivity index (χ2n) is 5.71. The Morgan fingerprint density at radius 1 is 0.840 bits per heavy atom. The van der Waals surface area contributed by atoms with Crippen LogP contribution in [0.5, 0.6) is 0 Å². The van der Waals surface area contributed by atoms with E-state index in [1.807, 2.05) is 54.6 Å². The van der Waals surface area contributed by atoms with E-state index in [1.165, 1.54) is 0 Å². The van der Waals surface area contributed by atoms with Crippen LogP contribution in [0.15, 0.2) is 66.9 Å². The molecular formula is C20H16N4O. The van der Waals surface area contributed by atoms with Gasteiger partial charge in [0.1, 0.15) is 5.52 Å². The minimum absolute atomic E-state index is 0.147. The van der Waals surface area contributed by atoms with Gasteiger partial charge in [-0.25, -0.2) is 9.97 Å². The quantitative estimate of drug-likeness (QED) is 0.584. The van der Waals surface area contributed by atoms with Crippen molar-refractivity contribution in [2.24, 2.45) is 0 Å². The highest BCUT2D eigenvalue weighted by Gasteiger charge is 2.12. The molecule has 0 radical (unpaired) electrons. The zero-order valence-electron chi connectivity index (χ0n) is 13.5. The lowest BCUT2D eigenvalue weighted by atomic mass is 10.1. The fourth-order valence-electron chi connectivity index (χ4n) is 2.77. The molecule has 0 bridgehead atoms. The molecule has 0 saturated heterocycles. The van der Waals surface area contributed by atoms with Crippen LogP contribution in [-0.4, -0.2) is 27.4 Å². The van der Waals surface area contributed by atoms with Gasteiger partial charge in [0, 0.05) is 24.9 Å². The first kappa shape index (κ1) is 15.2. The third-order valence-electron chi connectivity index (χ3n) is 4.01. The molecule has 0 aliphatic carbocycles. The number of hydrogen-bond donors (Lipinski definition) is 1. The van der Waals surface area contributed by atoms with Gasteiger partial charge in [-0.1, -0.05) is 24.3 Å². The maximum atomic E-state index is 12.6. The van der Waals surface area contributed by atoms with Gasteiger partial charge < -0.3 is 5.32 Å². The van der Waals surface area contributed by atoms with E-state index in [1.54, 1.807) is 12.3 Å². The SMILES string of the molecule is O=C(NCCc1ccccn1)c1cccc2nc3ccccc3nc12. The molecule has 25 heavy (non-hydrogen) atoms. The fraction of sp³-hybridized carbons (Fsp3) is 0.100. The van der Waals surface area contributed by atoms with Gasteiger partial charge in [0.2, 0.25) is 0 Å². The molecule has 2 aromatic heterocycles. The van der Waals surface area contributed by atoms with Crippen molar-refractivity contribution in [2.45, 2.75) is 6.42 Å². The molecule has 0 aliphatic heterocycles. The van der Waals surface area contributed by atoms with Crippen LogP contribution in [0.1, 0.15) is 16.1 Å². The first-order valence-corrected chi connectivity index (χ1v) is 8.15. The third-order valence-corrected chi connectivity index (χ3v) is 4.01. The van der Waals surface area contributed by atoms with Crippen LogP contribution in [0.25, 0.3) is 22.1 Å². The van der Waals surface area contributed by atoms with Gasteiger partial charge in [-0.2, -0.15) is 0 Å². The Labute approximate surface area is 144 Å². The van der Waals surface area contributed by atoms with Crippen molar-refractivity contribution in [1.29, 1.82) is 0 Å². The van der Waals surface area contributed by atoms with E-state index in [0.717, 1.165) is 22.2 Å². The van der Waals surface area contributed by atoms with Crippen molar-refractivity contribution < 1.29 is 4.79 Å². The summed E-state index contributed by atoms with van der Waals surface area (Å²) in [5.74, 6) is -0.147.